The summed E-state index contributed by atoms with van der Waals surface area (Å²) in [6, 6.07) is 7.94. The molecule has 2 aliphatic rings. The number of benzene rings is 2. The molecule has 2 aromatic rings. The summed E-state index contributed by atoms with van der Waals surface area (Å²) < 4.78 is 41.7. The highest BCUT2D eigenvalue weighted by atomic mass is 32.2. The maximum absolute atomic E-state index is 13.0. The van der Waals surface area contributed by atoms with Crippen molar-refractivity contribution < 1.29 is 17.8 Å². The van der Waals surface area contributed by atoms with Crippen LogP contribution in [-0.4, -0.2) is 35.2 Å². The summed E-state index contributed by atoms with van der Waals surface area (Å²) in [5.41, 5.74) is 6.48. The van der Waals surface area contributed by atoms with Crippen molar-refractivity contribution in [1.82, 2.24) is 4.90 Å². The highest BCUT2D eigenvalue weighted by Crippen LogP contribution is 2.38. The average molecular weight is 463 g/mol. The Morgan fingerprint density at radius 2 is 1.72 bits per heavy atom. The molecule has 1 atom stereocenters. The minimum absolute atomic E-state index is 0.219. The van der Waals surface area contributed by atoms with Gasteiger partial charge in [-0.3, -0.25) is 4.90 Å². The lowest BCUT2D eigenvalue weighted by molar-refractivity contribution is 0.0975. The normalized spacial score (nSPS) is 16.7. The second-order valence-electron chi connectivity index (χ2n) is 8.56. The van der Waals surface area contributed by atoms with Crippen molar-refractivity contribution in [3.8, 4) is 0 Å². The molecule has 172 valence electrons. The number of urea groups is 1. The number of nitrogens with one attached hydrogen (secondary N) is 1. The van der Waals surface area contributed by atoms with Crippen molar-refractivity contribution in [2.75, 3.05) is 18.9 Å². The molecule has 4 rings (SSSR count). The number of alkyl halides is 2. The Kier molecular flexibility index (Phi) is 6.60. The molecular weight excluding hydrogens is 434 g/mol. The van der Waals surface area contributed by atoms with E-state index in [1.165, 1.54) is 28.2 Å². The number of amides is 2. The van der Waals surface area contributed by atoms with Gasteiger partial charge in [0.1, 0.15) is 9.92 Å². The second kappa shape index (κ2) is 9.25. The lowest BCUT2D eigenvalue weighted by Gasteiger charge is -2.16. The Morgan fingerprint density at radius 3 is 2.28 bits per heavy atom. The quantitative estimate of drug-likeness (QED) is 0.671. The highest BCUT2D eigenvalue weighted by molar-refractivity contribution is 7.91. The lowest BCUT2D eigenvalue weighted by Crippen LogP contribution is -2.24. The SMILES string of the molecule is CN(Cc1ccc([S@@](N)(=O)=NC(=O)Nc2c3c(cc4c2CCC4)CCC3)cc1)CC(F)F. The van der Waals surface area contributed by atoms with Crippen molar-refractivity contribution in [2.24, 2.45) is 9.50 Å². The van der Waals surface area contributed by atoms with Crippen LogP contribution in [0.5, 0.6) is 0 Å². The summed E-state index contributed by atoms with van der Waals surface area (Å²) in [6.45, 7) is -0.0178. The van der Waals surface area contributed by atoms with Crippen LogP contribution in [0, 0.1) is 0 Å². The first-order chi connectivity index (χ1) is 15.2. The van der Waals surface area contributed by atoms with Gasteiger partial charge in [-0.1, -0.05) is 18.2 Å². The molecule has 0 saturated carbocycles. The minimum atomic E-state index is -3.44. The largest absolute Gasteiger partial charge is 0.354 e. The van der Waals surface area contributed by atoms with Gasteiger partial charge in [-0.15, -0.1) is 4.36 Å². The maximum Gasteiger partial charge on any atom is 0.354 e. The third kappa shape index (κ3) is 5.00. The van der Waals surface area contributed by atoms with Gasteiger partial charge in [-0.05, 0) is 85.5 Å². The fraction of sp³-hybridized carbons (Fsp3) is 0.435. The Hall–Kier alpha value is -2.36. The topological polar surface area (TPSA) is 87.8 Å². The summed E-state index contributed by atoms with van der Waals surface area (Å²) in [5, 5.41) is 8.81. The first kappa shape index (κ1) is 22.8. The van der Waals surface area contributed by atoms with E-state index in [-0.39, 0.29) is 11.4 Å². The van der Waals surface area contributed by atoms with Crippen molar-refractivity contribution >= 4 is 21.6 Å². The number of carbonyl (C=O) groups excluding carboxylic acids is 1. The predicted octanol–water partition coefficient (Wildman–Crippen LogP) is 4.29. The van der Waals surface area contributed by atoms with Crippen molar-refractivity contribution in [1.29, 1.82) is 0 Å². The summed E-state index contributed by atoms with van der Waals surface area (Å²) >= 11 is 0. The van der Waals surface area contributed by atoms with Gasteiger partial charge >= 0.3 is 6.03 Å². The molecule has 2 aromatic carbocycles. The number of carbonyl (C=O) groups is 1. The Bertz CT molecular complexity index is 1110. The van der Waals surface area contributed by atoms with E-state index >= 15 is 0 Å². The Morgan fingerprint density at radius 1 is 1.12 bits per heavy atom. The van der Waals surface area contributed by atoms with Gasteiger partial charge in [0.2, 0.25) is 0 Å². The predicted molar refractivity (Wildman–Crippen MR) is 121 cm³/mol. The van der Waals surface area contributed by atoms with E-state index < -0.39 is 22.4 Å². The van der Waals surface area contributed by atoms with Crippen LogP contribution in [0.3, 0.4) is 0 Å². The molecule has 0 spiro atoms. The number of hydrogen-bond donors (Lipinski definition) is 2. The van der Waals surface area contributed by atoms with E-state index in [2.05, 4.69) is 15.7 Å². The molecule has 3 N–H and O–H groups in total. The van der Waals surface area contributed by atoms with Gasteiger partial charge in [0.25, 0.3) is 6.43 Å². The van der Waals surface area contributed by atoms with Crippen LogP contribution in [-0.2, 0) is 42.1 Å². The standard InChI is InChI=1S/C23H28F2N4O2S/c1-29(14-21(24)25)13-15-8-10-18(11-9-15)32(26,31)28-23(30)27-22-19-6-2-4-16(19)12-17-5-3-7-20(17)22/h8-12,21H,2-7,13-14H2,1H3,(H3,26,27,28,30,31)/t32-/m0/s1. The zero-order valence-electron chi connectivity index (χ0n) is 18.1. The van der Waals surface area contributed by atoms with Crippen LogP contribution in [0.1, 0.15) is 40.7 Å². The molecule has 0 aliphatic heterocycles. The fourth-order valence-corrected chi connectivity index (χ4v) is 5.60. The molecule has 0 radical (unpaired) electrons. The number of fused-ring (bicyclic) bond motifs is 2. The molecule has 0 heterocycles. The summed E-state index contributed by atoms with van der Waals surface area (Å²) in [7, 11) is -1.84. The fourth-order valence-electron chi connectivity index (χ4n) is 4.67. The number of nitrogens with zero attached hydrogens (tertiary/aromatic N) is 2. The van der Waals surface area contributed by atoms with Gasteiger partial charge in [-0.25, -0.2) is 22.9 Å². The molecule has 0 bridgehead atoms. The van der Waals surface area contributed by atoms with E-state index in [4.69, 9.17) is 5.14 Å². The molecule has 9 heteroatoms. The number of rotatable bonds is 6. The van der Waals surface area contributed by atoms with Crippen LogP contribution in [0.25, 0.3) is 0 Å². The van der Waals surface area contributed by atoms with E-state index in [0.29, 0.717) is 6.54 Å². The first-order valence-electron chi connectivity index (χ1n) is 10.8. The molecule has 0 unspecified atom stereocenters. The van der Waals surface area contributed by atoms with E-state index in [1.807, 2.05) is 0 Å². The number of nitrogens with two attached hydrogens (primary N) is 1. The number of halogens is 2. The molecule has 6 nitrogen and oxygen atoms in total. The summed E-state index contributed by atoms with van der Waals surface area (Å²) in [5.74, 6) is 0. The Labute approximate surface area is 187 Å². The molecule has 0 aromatic heterocycles. The second-order valence-corrected chi connectivity index (χ2v) is 10.3. The number of hydrogen-bond acceptors (Lipinski definition) is 3. The van der Waals surface area contributed by atoms with E-state index in [9.17, 15) is 17.8 Å². The van der Waals surface area contributed by atoms with Crippen LogP contribution < -0.4 is 10.5 Å². The number of anilines is 1. The van der Waals surface area contributed by atoms with Crippen LogP contribution in [0.15, 0.2) is 39.6 Å². The van der Waals surface area contributed by atoms with Gasteiger partial charge in [0, 0.05) is 12.2 Å². The van der Waals surface area contributed by atoms with Gasteiger partial charge in [0.15, 0.2) is 0 Å². The molecule has 2 amide bonds. The molecule has 2 aliphatic carbocycles. The molecular formula is C23H28F2N4O2S. The van der Waals surface area contributed by atoms with Crippen LogP contribution in [0.4, 0.5) is 19.3 Å². The minimum Gasteiger partial charge on any atom is -0.305 e. The summed E-state index contributed by atoms with van der Waals surface area (Å²) in [6.07, 6.45) is 3.56. The van der Waals surface area contributed by atoms with Gasteiger partial charge < -0.3 is 5.32 Å². The lowest BCUT2D eigenvalue weighted by atomic mass is 9.99. The maximum atomic E-state index is 13.0. The van der Waals surface area contributed by atoms with Gasteiger partial charge in [-0.2, -0.15) is 0 Å². The first-order valence-corrected chi connectivity index (χ1v) is 12.4. The van der Waals surface area contributed by atoms with Crippen LogP contribution >= 0.6 is 0 Å². The van der Waals surface area contributed by atoms with E-state index in [0.717, 1.165) is 60.9 Å². The van der Waals surface area contributed by atoms with Crippen molar-refractivity contribution in [2.45, 2.75) is 56.4 Å². The zero-order valence-corrected chi connectivity index (χ0v) is 18.9. The zero-order chi connectivity index (χ0) is 22.9. The van der Waals surface area contributed by atoms with E-state index in [1.54, 1.807) is 19.2 Å². The monoisotopic (exact) mass is 462 g/mol. The summed E-state index contributed by atoms with van der Waals surface area (Å²) in [4.78, 5) is 14.4. The Balaban J connectivity index is 1.52. The average Bonchev–Trinajstić information content (AvgIpc) is 3.36. The number of aryl methyl sites for hydroxylation is 2. The van der Waals surface area contributed by atoms with Crippen LogP contribution in [0.2, 0.25) is 0 Å². The molecule has 0 saturated heterocycles. The third-order valence-electron chi connectivity index (χ3n) is 6.09. The third-order valence-corrected chi connectivity index (χ3v) is 7.47. The molecule has 0 fully saturated rings. The smallest absolute Gasteiger partial charge is 0.305 e. The highest BCUT2D eigenvalue weighted by Gasteiger charge is 2.25. The van der Waals surface area contributed by atoms with Crippen molar-refractivity contribution in [3.05, 3.63) is 58.1 Å². The van der Waals surface area contributed by atoms with Gasteiger partial charge in [0.05, 0.1) is 11.4 Å². The molecule has 32 heavy (non-hydrogen) atoms. The van der Waals surface area contributed by atoms with Crippen molar-refractivity contribution in [3.63, 3.8) is 0 Å².